The summed E-state index contributed by atoms with van der Waals surface area (Å²) in [5, 5.41) is 0.758. The lowest BCUT2D eigenvalue weighted by molar-refractivity contribution is -0.146. The zero-order valence-corrected chi connectivity index (χ0v) is 14.3. The average Bonchev–Trinajstić information content (AvgIpc) is 3.21. The van der Waals surface area contributed by atoms with Crippen LogP contribution in [0.25, 0.3) is 11.0 Å². The van der Waals surface area contributed by atoms with Crippen LogP contribution in [-0.4, -0.2) is 13.1 Å². The molecule has 1 aromatic carbocycles. The molecular weight excluding hydrogens is 320 g/mol. The van der Waals surface area contributed by atoms with Crippen molar-refractivity contribution in [1.82, 2.24) is 0 Å². The van der Waals surface area contributed by atoms with Crippen LogP contribution in [0.3, 0.4) is 0 Å². The van der Waals surface area contributed by atoms with Crippen LogP contribution in [0.15, 0.2) is 33.5 Å². The van der Waals surface area contributed by atoms with Gasteiger partial charge in [-0.25, -0.2) is 4.79 Å². The summed E-state index contributed by atoms with van der Waals surface area (Å²) in [5.74, 6) is 2.44. The zero-order chi connectivity index (χ0) is 17.4. The standard InChI is InChI=1S/C20H22O5/c1-23-16-4-5-17-15(9-20(22)25-18(17)10-16)11-24-19(21)8-14-7-12-2-3-13(14)6-12/h4-5,9-10,12-14H,2-3,6-8,11H2,1H3/t12-,13+,14-/m0/s1. The molecule has 2 aliphatic rings. The molecule has 0 amide bonds. The summed E-state index contributed by atoms with van der Waals surface area (Å²) >= 11 is 0. The van der Waals surface area contributed by atoms with Gasteiger partial charge in [0.25, 0.3) is 0 Å². The highest BCUT2D eigenvalue weighted by atomic mass is 16.5. The van der Waals surface area contributed by atoms with Crippen molar-refractivity contribution in [2.45, 2.75) is 38.7 Å². The van der Waals surface area contributed by atoms with E-state index in [2.05, 4.69) is 0 Å². The molecule has 2 aromatic rings. The summed E-state index contributed by atoms with van der Waals surface area (Å²) in [6.45, 7) is 0.0913. The molecule has 0 unspecified atom stereocenters. The van der Waals surface area contributed by atoms with E-state index >= 15 is 0 Å². The molecule has 0 radical (unpaired) electrons. The molecule has 25 heavy (non-hydrogen) atoms. The molecule has 2 fully saturated rings. The summed E-state index contributed by atoms with van der Waals surface area (Å²) < 4.78 is 15.8. The number of methoxy groups -OCH3 is 1. The van der Waals surface area contributed by atoms with Crippen LogP contribution in [-0.2, 0) is 16.1 Å². The van der Waals surface area contributed by atoms with Gasteiger partial charge in [-0.1, -0.05) is 6.42 Å². The SMILES string of the molecule is COc1ccc2c(COC(=O)C[C@@H]3C[C@H]4CC[C@@H]3C4)cc(=O)oc2c1. The van der Waals surface area contributed by atoms with Crippen LogP contribution in [0.4, 0.5) is 0 Å². The van der Waals surface area contributed by atoms with Crippen molar-refractivity contribution in [3.63, 3.8) is 0 Å². The maximum Gasteiger partial charge on any atom is 0.336 e. The number of esters is 1. The molecule has 0 spiro atoms. The van der Waals surface area contributed by atoms with Crippen molar-refractivity contribution < 1.29 is 18.7 Å². The van der Waals surface area contributed by atoms with E-state index in [0.29, 0.717) is 35.2 Å². The van der Waals surface area contributed by atoms with E-state index in [-0.39, 0.29) is 12.6 Å². The number of hydrogen-bond donors (Lipinski definition) is 0. The van der Waals surface area contributed by atoms with Gasteiger partial charge >= 0.3 is 11.6 Å². The number of hydrogen-bond acceptors (Lipinski definition) is 5. The lowest BCUT2D eigenvalue weighted by Gasteiger charge is -2.20. The molecule has 3 atom stereocenters. The van der Waals surface area contributed by atoms with E-state index in [9.17, 15) is 9.59 Å². The quantitative estimate of drug-likeness (QED) is 0.613. The Morgan fingerprint density at radius 3 is 2.84 bits per heavy atom. The Morgan fingerprint density at radius 1 is 1.24 bits per heavy atom. The third-order valence-corrected chi connectivity index (χ3v) is 5.74. The number of carbonyl (C=O) groups is 1. The summed E-state index contributed by atoms with van der Waals surface area (Å²) in [5.41, 5.74) is 0.640. The lowest BCUT2D eigenvalue weighted by atomic mass is 9.86. The first-order valence-electron chi connectivity index (χ1n) is 8.89. The maximum absolute atomic E-state index is 12.2. The van der Waals surface area contributed by atoms with Crippen LogP contribution in [0.1, 0.15) is 37.7 Å². The Bertz CT molecular complexity index is 853. The topological polar surface area (TPSA) is 65.7 Å². The normalized spacial score (nSPS) is 24.6. The first kappa shape index (κ1) is 16.2. The van der Waals surface area contributed by atoms with Crippen LogP contribution in [0.2, 0.25) is 0 Å². The molecular formula is C20H22O5. The molecule has 5 nitrogen and oxygen atoms in total. The Hall–Kier alpha value is -2.30. The molecule has 1 heterocycles. The minimum atomic E-state index is -0.458. The van der Waals surface area contributed by atoms with Crippen molar-refractivity contribution in [2.75, 3.05) is 7.11 Å². The summed E-state index contributed by atoms with van der Waals surface area (Å²) in [4.78, 5) is 24.0. The molecule has 2 bridgehead atoms. The number of ether oxygens (including phenoxy) is 2. The highest BCUT2D eigenvalue weighted by molar-refractivity contribution is 5.81. The van der Waals surface area contributed by atoms with Gasteiger partial charge in [-0.05, 0) is 49.1 Å². The number of rotatable bonds is 5. The minimum absolute atomic E-state index is 0.0913. The molecule has 0 aliphatic heterocycles. The van der Waals surface area contributed by atoms with Crippen molar-refractivity contribution >= 4 is 16.9 Å². The second-order valence-electron chi connectivity index (χ2n) is 7.25. The molecule has 0 saturated heterocycles. The Labute approximate surface area is 145 Å². The van der Waals surface area contributed by atoms with Gasteiger partial charge < -0.3 is 13.9 Å². The van der Waals surface area contributed by atoms with E-state index in [1.807, 2.05) is 6.07 Å². The van der Waals surface area contributed by atoms with E-state index in [0.717, 1.165) is 17.7 Å². The van der Waals surface area contributed by atoms with Gasteiger partial charge in [0, 0.05) is 29.5 Å². The molecule has 2 aliphatic carbocycles. The monoisotopic (exact) mass is 342 g/mol. The molecule has 0 N–H and O–H groups in total. The van der Waals surface area contributed by atoms with Gasteiger partial charge in [-0.3, -0.25) is 4.79 Å². The van der Waals surface area contributed by atoms with Gasteiger partial charge in [0.15, 0.2) is 0 Å². The minimum Gasteiger partial charge on any atom is -0.497 e. The van der Waals surface area contributed by atoms with Crippen LogP contribution in [0.5, 0.6) is 5.75 Å². The van der Waals surface area contributed by atoms with Crippen molar-refractivity contribution in [3.05, 3.63) is 40.2 Å². The first-order valence-corrected chi connectivity index (χ1v) is 8.89. The van der Waals surface area contributed by atoms with Crippen molar-refractivity contribution in [2.24, 2.45) is 17.8 Å². The predicted octanol–water partition coefficient (Wildman–Crippen LogP) is 3.67. The third-order valence-electron chi connectivity index (χ3n) is 5.74. The number of carbonyl (C=O) groups excluding carboxylic acids is 1. The Kier molecular flexibility index (Phi) is 4.24. The van der Waals surface area contributed by atoms with E-state index in [1.54, 1.807) is 19.2 Å². The first-order chi connectivity index (χ1) is 12.1. The van der Waals surface area contributed by atoms with Crippen LogP contribution >= 0.6 is 0 Å². The van der Waals surface area contributed by atoms with Gasteiger partial charge in [0.1, 0.15) is 17.9 Å². The molecule has 132 valence electrons. The third kappa shape index (κ3) is 3.28. The number of benzene rings is 1. The van der Waals surface area contributed by atoms with E-state index < -0.39 is 5.63 Å². The van der Waals surface area contributed by atoms with Crippen molar-refractivity contribution in [1.29, 1.82) is 0 Å². The van der Waals surface area contributed by atoms with Crippen LogP contribution in [0, 0.1) is 17.8 Å². The summed E-state index contributed by atoms with van der Waals surface area (Å²) in [7, 11) is 1.56. The largest absolute Gasteiger partial charge is 0.497 e. The second-order valence-corrected chi connectivity index (χ2v) is 7.25. The molecule has 1 aromatic heterocycles. The summed E-state index contributed by atoms with van der Waals surface area (Å²) in [6.07, 6.45) is 5.52. The molecule has 4 rings (SSSR count). The molecule has 2 saturated carbocycles. The Morgan fingerprint density at radius 2 is 2.12 bits per heavy atom. The van der Waals surface area contributed by atoms with E-state index in [1.165, 1.54) is 25.3 Å². The maximum atomic E-state index is 12.2. The van der Waals surface area contributed by atoms with Crippen molar-refractivity contribution in [3.8, 4) is 5.75 Å². The highest BCUT2D eigenvalue weighted by Gasteiger charge is 2.40. The molecule has 5 heteroatoms. The van der Waals surface area contributed by atoms with Gasteiger partial charge in [0.05, 0.1) is 7.11 Å². The number of fused-ring (bicyclic) bond motifs is 3. The lowest BCUT2D eigenvalue weighted by Crippen LogP contribution is -2.17. The fourth-order valence-electron chi connectivity index (χ4n) is 4.51. The zero-order valence-electron chi connectivity index (χ0n) is 14.3. The van der Waals surface area contributed by atoms with Gasteiger partial charge in [0.2, 0.25) is 0 Å². The fourth-order valence-corrected chi connectivity index (χ4v) is 4.51. The summed E-state index contributed by atoms with van der Waals surface area (Å²) in [6, 6.07) is 6.66. The highest BCUT2D eigenvalue weighted by Crippen LogP contribution is 2.49. The van der Waals surface area contributed by atoms with Gasteiger partial charge in [-0.2, -0.15) is 0 Å². The second kappa shape index (κ2) is 6.54. The fraction of sp³-hybridized carbons (Fsp3) is 0.500. The Balaban J connectivity index is 1.45. The average molecular weight is 342 g/mol. The van der Waals surface area contributed by atoms with Gasteiger partial charge in [-0.15, -0.1) is 0 Å². The smallest absolute Gasteiger partial charge is 0.336 e. The predicted molar refractivity (Wildman–Crippen MR) is 92.4 cm³/mol. The van der Waals surface area contributed by atoms with Crippen LogP contribution < -0.4 is 10.4 Å². The van der Waals surface area contributed by atoms with E-state index in [4.69, 9.17) is 13.9 Å².